The number of alkyl halides is 15. The number of halogens is 15. The van der Waals surface area contributed by atoms with E-state index < -0.39 is 75.4 Å². The fourth-order valence-electron chi connectivity index (χ4n) is 9.34. The van der Waals surface area contributed by atoms with E-state index >= 15 is 0 Å². The molecule has 0 unspecified atom stereocenters. The minimum absolute atomic E-state index is 0.0213. The van der Waals surface area contributed by atoms with E-state index in [1.165, 1.54) is 48.5 Å². The molecule has 0 amide bonds. The summed E-state index contributed by atoms with van der Waals surface area (Å²) in [7, 11) is 0. The number of para-hydroxylation sites is 2. The Labute approximate surface area is 406 Å². The Morgan fingerprint density at radius 3 is 1.15 bits per heavy atom. The molecule has 19 heteroatoms. The second kappa shape index (κ2) is 16.9. The van der Waals surface area contributed by atoms with Gasteiger partial charge < -0.3 is 9.13 Å². The van der Waals surface area contributed by atoms with Gasteiger partial charge in [0, 0.05) is 21.5 Å². The zero-order valence-corrected chi connectivity index (χ0v) is 36.9. The SMILES string of the molecule is [C-]#[N+]c1cc(-n2c3ccccc3c3ccc(-c4cc(C(F)(F)F)cc(C(F)(F)F)c4)cc32)c(-n2c3ccccc3c3ccc(-c4cc(C(F)(F)F)cc(C(F)(F)F)c4)cc32)cc1-c1ccc(C(F)(F)F)cc1C#N. The summed E-state index contributed by atoms with van der Waals surface area (Å²) in [5, 5.41) is 12.0. The minimum atomic E-state index is -5.21. The maximum atomic E-state index is 14.2. The predicted molar refractivity (Wildman–Crippen MR) is 247 cm³/mol. The first-order valence-corrected chi connectivity index (χ1v) is 21.6. The number of hydrogen-bond acceptors (Lipinski definition) is 1. The first-order valence-electron chi connectivity index (χ1n) is 21.6. The monoisotopic (exact) mass is 1030 g/mol. The van der Waals surface area contributed by atoms with Gasteiger partial charge in [0.1, 0.15) is 0 Å². The van der Waals surface area contributed by atoms with Gasteiger partial charge in [-0.05, 0) is 118 Å². The third kappa shape index (κ3) is 8.47. The molecular weight excluding hydrogens is 1000 g/mol. The van der Waals surface area contributed by atoms with Crippen molar-refractivity contribution < 1.29 is 65.9 Å². The van der Waals surface area contributed by atoms with Crippen molar-refractivity contribution in [2.75, 3.05) is 0 Å². The highest BCUT2D eigenvalue weighted by Gasteiger charge is 2.39. The van der Waals surface area contributed by atoms with Gasteiger partial charge >= 0.3 is 30.9 Å². The van der Waals surface area contributed by atoms with Gasteiger partial charge in [0.25, 0.3) is 0 Å². The van der Waals surface area contributed by atoms with Crippen LogP contribution in [0.3, 0.4) is 0 Å². The molecule has 0 atom stereocenters. The van der Waals surface area contributed by atoms with E-state index in [4.69, 9.17) is 6.57 Å². The average Bonchev–Trinajstić information content (AvgIpc) is 3.86. The van der Waals surface area contributed by atoms with Crippen LogP contribution in [-0.2, 0) is 30.9 Å². The van der Waals surface area contributed by atoms with Crippen molar-refractivity contribution in [3.63, 3.8) is 0 Å². The molecule has 0 saturated carbocycles. The molecule has 0 spiro atoms. The Hall–Kier alpha value is -8.71. The van der Waals surface area contributed by atoms with Crippen molar-refractivity contribution in [1.82, 2.24) is 9.13 Å². The maximum absolute atomic E-state index is 14.2. The van der Waals surface area contributed by atoms with Gasteiger partial charge in [0.05, 0.1) is 79.5 Å². The van der Waals surface area contributed by atoms with Crippen LogP contribution < -0.4 is 0 Å². The molecule has 0 aliphatic rings. The third-order valence-corrected chi connectivity index (χ3v) is 12.6. The minimum Gasteiger partial charge on any atom is -0.308 e. The molecule has 8 aromatic carbocycles. The van der Waals surface area contributed by atoms with Crippen LogP contribution >= 0.6 is 0 Å². The van der Waals surface area contributed by atoms with Crippen molar-refractivity contribution >= 4 is 49.3 Å². The van der Waals surface area contributed by atoms with Gasteiger partial charge in [-0.25, -0.2) is 4.85 Å². The standard InChI is InChI=1S/C55H25F15N4/c1-72-44-26-50(74-46-9-5-3-7-40(46)42-14-11-29(22-48(42)74)31-18-36(54(65,66)67)24-37(19-31)55(68,69)70)49(25-43(44)38-15-12-33(51(56,57)58)20-32(38)27-71)73-45-8-4-2-6-39(45)41-13-10-28(21-47(41)73)30-16-34(52(59,60)61)23-35(17-30)53(62,63)64/h2-26H. The average molecular weight is 1030 g/mol. The number of nitriles is 1. The highest BCUT2D eigenvalue weighted by Crippen LogP contribution is 2.47. The Balaban J connectivity index is 1.35. The molecule has 2 aromatic heterocycles. The van der Waals surface area contributed by atoms with Crippen LogP contribution in [-0.4, -0.2) is 9.13 Å². The van der Waals surface area contributed by atoms with Crippen LogP contribution in [0.4, 0.5) is 71.5 Å². The molecule has 0 saturated heterocycles. The highest BCUT2D eigenvalue weighted by atomic mass is 19.4. The second-order valence-electron chi connectivity index (χ2n) is 17.1. The van der Waals surface area contributed by atoms with Crippen molar-refractivity contribution in [3.05, 3.63) is 196 Å². The smallest absolute Gasteiger partial charge is 0.308 e. The van der Waals surface area contributed by atoms with E-state index in [1.807, 2.05) is 0 Å². The molecule has 10 aromatic rings. The number of hydrogen-bond donors (Lipinski definition) is 0. The van der Waals surface area contributed by atoms with E-state index in [2.05, 4.69) is 4.85 Å². The summed E-state index contributed by atoms with van der Waals surface area (Å²) in [6.45, 7) is 8.39. The van der Waals surface area contributed by atoms with E-state index in [0.29, 0.717) is 69.0 Å². The number of benzene rings is 8. The summed E-state index contributed by atoms with van der Waals surface area (Å²) in [6.07, 6.45) is -25.7. The lowest BCUT2D eigenvalue weighted by atomic mass is 9.95. The topological polar surface area (TPSA) is 38.0 Å². The summed E-state index contributed by atoms with van der Waals surface area (Å²) in [4.78, 5) is 3.71. The lowest BCUT2D eigenvalue weighted by Gasteiger charge is -2.21. The van der Waals surface area contributed by atoms with Crippen molar-refractivity contribution in [1.29, 1.82) is 5.26 Å². The summed E-state index contributed by atoms with van der Waals surface area (Å²) >= 11 is 0. The number of fused-ring (bicyclic) bond motifs is 6. The second-order valence-corrected chi connectivity index (χ2v) is 17.1. The van der Waals surface area contributed by atoms with Gasteiger partial charge in [0.2, 0.25) is 0 Å². The Morgan fingerprint density at radius 2 is 0.757 bits per heavy atom. The normalized spacial score (nSPS) is 12.8. The van der Waals surface area contributed by atoms with Gasteiger partial charge in [-0.2, -0.15) is 71.1 Å². The molecule has 0 aliphatic carbocycles. The Kier molecular flexibility index (Phi) is 11.2. The number of aromatic nitrogens is 2. The van der Waals surface area contributed by atoms with Crippen molar-refractivity contribution in [3.8, 4) is 50.8 Å². The molecule has 0 radical (unpaired) electrons. The summed E-state index contributed by atoms with van der Waals surface area (Å²) in [5.41, 5.74) is -8.78. The van der Waals surface area contributed by atoms with Crippen LogP contribution in [0, 0.1) is 17.9 Å². The zero-order valence-electron chi connectivity index (χ0n) is 36.9. The lowest BCUT2D eigenvalue weighted by Crippen LogP contribution is -2.11. The summed E-state index contributed by atoms with van der Waals surface area (Å²) in [5.74, 6) is 0. The summed E-state index contributed by atoms with van der Waals surface area (Å²) < 4.78 is 215. The fraction of sp³-hybridized carbons (Fsp3) is 0.0909. The van der Waals surface area contributed by atoms with Crippen LogP contribution in [0.2, 0.25) is 0 Å². The molecule has 0 fully saturated rings. The molecule has 370 valence electrons. The van der Waals surface area contributed by atoms with Gasteiger partial charge in [-0.1, -0.05) is 66.7 Å². The van der Waals surface area contributed by atoms with E-state index in [1.54, 1.807) is 63.7 Å². The molecule has 0 N–H and O–H groups in total. The first-order chi connectivity index (χ1) is 34.7. The van der Waals surface area contributed by atoms with Crippen LogP contribution in [0.25, 0.3) is 93.2 Å². The third-order valence-electron chi connectivity index (χ3n) is 12.6. The molecule has 2 heterocycles. The molecule has 10 rings (SSSR count). The summed E-state index contributed by atoms with van der Waals surface area (Å²) in [6, 6.07) is 30.2. The molecular formula is C55H25F15N4. The van der Waals surface area contributed by atoms with Crippen LogP contribution in [0.1, 0.15) is 33.4 Å². The van der Waals surface area contributed by atoms with Gasteiger partial charge in [-0.15, -0.1) is 0 Å². The molecule has 0 bridgehead atoms. The van der Waals surface area contributed by atoms with Crippen molar-refractivity contribution in [2.45, 2.75) is 30.9 Å². The quantitative estimate of drug-likeness (QED) is 0.125. The van der Waals surface area contributed by atoms with Crippen LogP contribution in [0.15, 0.2) is 152 Å². The molecule has 0 aliphatic heterocycles. The fourth-order valence-corrected chi connectivity index (χ4v) is 9.34. The highest BCUT2D eigenvalue weighted by molar-refractivity contribution is 6.13. The number of nitrogens with zero attached hydrogens (tertiary/aromatic N) is 4. The first kappa shape index (κ1) is 48.9. The van der Waals surface area contributed by atoms with E-state index in [-0.39, 0.29) is 62.5 Å². The molecule has 74 heavy (non-hydrogen) atoms. The maximum Gasteiger partial charge on any atom is 0.416 e. The van der Waals surface area contributed by atoms with E-state index in [9.17, 15) is 71.1 Å². The molecule has 4 nitrogen and oxygen atoms in total. The predicted octanol–water partition coefficient (Wildman–Crippen LogP) is 18.4. The lowest BCUT2D eigenvalue weighted by molar-refractivity contribution is -0.144. The van der Waals surface area contributed by atoms with E-state index in [0.717, 1.165) is 6.07 Å². The van der Waals surface area contributed by atoms with Crippen molar-refractivity contribution in [2.24, 2.45) is 0 Å². The van der Waals surface area contributed by atoms with Gasteiger partial charge in [0.15, 0.2) is 5.69 Å². The Morgan fingerprint density at radius 1 is 0.365 bits per heavy atom. The van der Waals surface area contributed by atoms with Gasteiger partial charge in [-0.3, -0.25) is 0 Å². The number of rotatable bonds is 5. The Bertz CT molecular complexity index is 3970. The van der Waals surface area contributed by atoms with Crippen LogP contribution in [0.5, 0.6) is 0 Å². The largest absolute Gasteiger partial charge is 0.416 e. The zero-order chi connectivity index (χ0) is 53.0.